The highest BCUT2D eigenvalue weighted by atomic mass is 32.2. The smallest absolute Gasteiger partial charge is 0.293 e. The van der Waals surface area contributed by atoms with Crippen molar-refractivity contribution >= 4 is 40.3 Å². The number of allylic oxidation sites excluding steroid dienone is 1. The van der Waals surface area contributed by atoms with E-state index in [9.17, 15) is 19.2 Å². The molecule has 0 bridgehead atoms. The normalized spacial score (nSPS) is 20.0. The van der Waals surface area contributed by atoms with Crippen LogP contribution in [0.15, 0.2) is 28.7 Å². The number of imide groups is 1. The maximum absolute atomic E-state index is 12.7. The molecule has 0 aromatic heterocycles. The number of fused-ring (bicyclic) bond motifs is 1. The molecule has 0 radical (unpaired) electrons. The van der Waals surface area contributed by atoms with Crippen molar-refractivity contribution < 1.29 is 19.2 Å². The molecule has 1 saturated carbocycles. The molecule has 7 heteroatoms. The molecule has 3 amide bonds. The molecule has 3 aliphatic rings. The van der Waals surface area contributed by atoms with Crippen LogP contribution in [0.5, 0.6) is 0 Å². The molecule has 0 spiro atoms. The maximum atomic E-state index is 12.7. The van der Waals surface area contributed by atoms with E-state index in [0.717, 1.165) is 65.6 Å². The number of hydrogen-bond donors (Lipinski definition) is 1. The summed E-state index contributed by atoms with van der Waals surface area (Å²) in [5.74, 6) is -0.637. The number of carbonyl (C=O) groups excluding carboxylic acids is 4. The van der Waals surface area contributed by atoms with Crippen molar-refractivity contribution in [1.82, 2.24) is 4.90 Å². The number of rotatable bonds is 3. The van der Waals surface area contributed by atoms with E-state index >= 15 is 0 Å². The lowest BCUT2D eigenvalue weighted by atomic mass is 9.94. The molecular weight excluding hydrogens is 364 g/mol. The van der Waals surface area contributed by atoms with Gasteiger partial charge in [0.1, 0.15) is 0 Å². The van der Waals surface area contributed by atoms with Crippen LogP contribution in [0.25, 0.3) is 0 Å². The average molecular weight is 384 g/mol. The Hall–Kier alpha value is -2.41. The third kappa shape index (κ3) is 3.56. The van der Waals surface area contributed by atoms with Crippen molar-refractivity contribution in [2.45, 2.75) is 44.9 Å². The molecule has 27 heavy (non-hydrogen) atoms. The lowest BCUT2D eigenvalue weighted by Crippen LogP contribution is -2.34. The van der Waals surface area contributed by atoms with E-state index in [2.05, 4.69) is 5.32 Å². The van der Waals surface area contributed by atoms with Crippen LogP contribution in [0, 0.1) is 0 Å². The fraction of sp³-hybridized carbons (Fsp3) is 0.400. The van der Waals surface area contributed by atoms with Crippen LogP contribution in [0.3, 0.4) is 0 Å². The first-order valence-electron chi connectivity index (χ1n) is 9.24. The molecule has 1 aromatic rings. The van der Waals surface area contributed by atoms with E-state index in [4.69, 9.17) is 0 Å². The number of carbonyl (C=O) groups is 4. The Balaban J connectivity index is 1.50. The summed E-state index contributed by atoms with van der Waals surface area (Å²) in [6.07, 6.45) is 5.94. The molecule has 1 aliphatic carbocycles. The van der Waals surface area contributed by atoms with E-state index in [1.54, 1.807) is 18.2 Å². The summed E-state index contributed by atoms with van der Waals surface area (Å²) in [5.41, 5.74) is 3.13. The number of Topliss-reactive ketones (excluding diaryl/α,β-unsaturated/α-hetero) is 1. The van der Waals surface area contributed by atoms with Gasteiger partial charge in [-0.15, -0.1) is 0 Å². The van der Waals surface area contributed by atoms with Crippen LogP contribution in [0.2, 0.25) is 0 Å². The molecule has 0 unspecified atom stereocenters. The number of nitrogens with zero attached hydrogens (tertiary/aromatic N) is 1. The number of aryl methyl sites for hydroxylation is 1. The summed E-state index contributed by atoms with van der Waals surface area (Å²) >= 11 is 0.966. The lowest BCUT2D eigenvalue weighted by Gasteiger charge is -2.18. The Morgan fingerprint density at radius 2 is 1.81 bits per heavy atom. The molecule has 2 fully saturated rings. The van der Waals surface area contributed by atoms with Crippen LogP contribution in [0.4, 0.5) is 10.5 Å². The zero-order valence-electron chi connectivity index (χ0n) is 14.9. The first-order chi connectivity index (χ1) is 13.0. The standard InChI is InChI=1S/C20H20N2O4S/c23-16(14-6-8-15-13(10-14)7-9-17(24)21-15)11-22-19(25)18(27-20(22)26)12-4-2-1-3-5-12/h6,8,10H,1-5,7,9,11H2,(H,21,24). The van der Waals surface area contributed by atoms with Gasteiger partial charge in [0.05, 0.1) is 11.4 Å². The fourth-order valence-corrected chi connectivity index (χ4v) is 4.73. The summed E-state index contributed by atoms with van der Waals surface area (Å²) in [6, 6.07) is 5.08. The Labute approximate surface area is 161 Å². The molecule has 2 aliphatic heterocycles. The van der Waals surface area contributed by atoms with Gasteiger partial charge in [0, 0.05) is 17.7 Å². The minimum absolute atomic E-state index is 0.0323. The molecular formula is C20H20N2O4S. The average Bonchev–Trinajstić information content (AvgIpc) is 2.96. The van der Waals surface area contributed by atoms with Gasteiger partial charge in [-0.3, -0.25) is 24.1 Å². The highest BCUT2D eigenvalue weighted by Gasteiger charge is 2.38. The molecule has 2 heterocycles. The SMILES string of the molecule is O=C1CCc2cc(C(=O)CN3C(=O)SC(=C4CCCCC4)C3=O)ccc2N1. The van der Waals surface area contributed by atoms with Gasteiger partial charge < -0.3 is 5.32 Å². The van der Waals surface area contributed by atoms with Crippen LogP contribution < -0.4 is 5.32 Å². The summed E-state index contributed by atoms with van der Waals surface area (Å²) in [4.78, 5) is 50.7. The molecule has 1 N–H and O–H groups in total. The van der Waals surface area contributed by atoms with Crippen LogP contribution in [-0.2, 0) is 16.0 Å². The third-order valence-electron chi connectivity index (χ3n) is 5.25. The monoisotopic (exact) mass is 384 g/mol. The van der Waals surface area contributed by atoms with Gasteiger partial charge in [0.15, 0.2) is 5.78 Å². The lowest BCUT2D eigenvalue weighted by molar-refractivity contribution is -0.122. The first kappa shape index (κ1) is 18.0. The Bertz CT molecular complexity index is 882. The largest absolute Gasteiger partial charge is 0.326 e. The van der Waals surface area contributed by atoms with Crippen molar-refractivity contribution in [2.75, 3.05) is 11.9 Å². The summed E-state index contributed by atoms with van der Waals surface area (Å²) in [7, 11) is 0. The van der Waals surface area contributed by atoms with Crippen molar-refractivity contribution in [2.24, 2.45) is 0 Å². The Morgan fingerprint density at radius 1 is 1.04 bits per heavy atom. The number of ketones is 1. The zero-order chi connectivity index (χ0) is 19.0. The minimum Gasteiger partial charge on any atom is -0.326 e. The summed E-state index contributed by atoms with van der Waals surface area (Å²) < 4.78 is 0. The van der Waals surface area contributed by atoms with Crippen molar-refractivity contribution in [3.63, 3.8) is 0 Å². The molecule has 0 atom stereocenters. The number of anilines is 1. The number of hydrogen-bond acceptors (Lipinski definition) is 5. The predicted molar refractivity (Wildman–Crippen MR) is 103 cm³/mol. The van der Waals surface area contributed by atoms with Crippen molar-refractivity contribution in [1.29, 1.82) is 0 Å². The van der Waals surface area contributed by atoms with Gasteiger partial charge >= 0.3 is 0 Å². The number of thioether (sulfide) groups is 1. The second-order valence-electron chi connectivity index (χ2n) is 7.10. The zero-order valence-corrected chi connectivity index (χ0v) is 15.7. The summed E-state index contributed by atoms with van der Waals surface area (Å²) in [5, 5.41) is 2.41. The quantitative estimate of drug-likeness (QED) is 0.635. The van der Waals surface area contributed by atoms with Crippen LogP contribution in [-0.4, -0.2) is 34.3 Å². The first-order valence-corrected chi connectivity index (χ1v) is 10.1. The van der Waals surface area contributed by atoms with E-state index in [-0.39, 0.29) is 29.4 Å². The minimum atomic E-state index is -0.369. The highest BCUT2D eigenvalue weighted by Crippen LogP contribution is 2.38. The van der Waals surface area contributed by atoms with Crippen LogP contribution >= 0.6 is 11.8 Å². The van der Waals surface area contributed by atoms with E-state index in [1.165, 1.54) is 0 Å². The Morgan fingerprint density at radius 3 is 2.59 bits per heavy atom. The number of nitrogens with one attached hydrogen (secondary N) is 1. The molecule has 6 nitrogen and oxygen atoms in total. The van der Waals surface area contributed by atoms with Gasteiger partial charge in [0.25, 0.3) is 11.1 Å². The third-order valence-corrected chi connectivity index (χ3v) is 6.31. The molecule has 4 rings (SSSR count). The number of benzene rings is 1. The molecule has 1 saturated heterocycles. The van der Waals surface area contributed by atoms with Gasteiger partial charge in [0.2, 0.25) is 5.91 Å². The summed E-state index contributed by atoms with van der Waals surface area (Å²) in [6.45, 7) is -0.243. The van der Waals surface area contributed by atoms with Gasteiger partial charge in [-0.2, -0.15) is 0 Å². The van der Waals surface area contributed by atoms with Gasteiger partial charge in [-0.1, -0.05) is 12.0 Å². The molecule has 140 valence electrons. The van der Waals surface area contributed by atoms with E-state index in [0.29, 0.717) is 23.3 Å². The van der Waals surface area contributed by atoms with Gasteiger partial charge in [-0.05, 0) is 67.6 Å². The molecule has 1 aromatic carbocycles. The second-order valence-corrected chi connectivity index (χ2v) is 8.06. The number of amides is 3. The topological polar surface area (TPSA) is 83.6 Å². The Kier molecular flexibility index (Phi) is 4.86. The van der Waals surface area contributed by atoms with E-state index in [1.807, 2.05) is 0 Å². The predicted octanol–water partition coefficient (Wildman–Crippen LogP) is 3.67. The maximum Gasteiger partial charge on any atom is 0.293 e. The van der Waals surface area contributed by atoms with Crippen LogP contribution in [0.1, 0.15) is 54.4 Å². The van der Waals surface area contributed by atoms with E-state index < -0.39 is 0 Å². The second kappa shape index (κ2) is 7.31. The van der Waals surface area contributed by atoms with Crippen molar-refractivity contribution in [3.8, 4) is 0 Å². The highest BCUT2D eigenvalue weighted by molar-refractivity contribution is 8.18. The van der Waals surface area contributed by atoms with Crippen molar-refractivity contribution in [3.05, 3.63) is 39.8 Å². The fourth-order valence-electron chi connectivity index (χ4n) is 3.75. The van der Waals surface area contributed by atoms with Gasteiger partial charge in [-0.25, -0.2) is 0 Å².